The van der Waals surface area contributed by atoms with Crippen molar-refractivity contribution < 1.29 is 8.42 Å². The number of hydrogen-bond donors (Lipinski definition) is 3. The van der Waals surface area contributed by atoms with E-state index in [1.165, 1.54) is 18.3 Å². The van der Waals surface area contributed by atoms with E-state index in [1.807, 2.05) is 19.1 Å². The fourth-order valence-corrected chi connectivity index (χ4v) is 2.91. The maximum atomic E-state index is 12.3. The zero-order valence-corrected chi connectivity index (χ0v) is 11.8. The third-order valence-corrected chi connectivity index (χ3v) is 4.22. The topological polar surface area (TPSA) is 97.1 Å². The van der Waals surface area contributed by atoms with Gasteiger partial charge in [-0.3, -0.25) is 4.72 Å². The molecule has 1 aromatic heterocycles. The lowest BCUT2D eigenvalue weighted by atomic mass is 10.2. The first-order valence-corrected chi connectivity index (χ1v) is 7.58. The molecular formula is C13H16N4O2S. The number of hydrazine groups is 1. The molecule has 0 amide bonds. The maximum absolute atomic E-state index is 12.3. The molecule has 0 saturated heterocycles. The van der Waals surface area contributed by atoms with Crippen molar-refractivity contribution in [3.8, 4) is 0 Å². The van der Waals surface area contributed by atoms with Crippen LogP contribution in [0.2, 0.25) is 0 Å². The Hall–Kier alpha value is -2.12. The lowest BCUT2D eigenvalue weighted by molar-refractivity contribution is 0.601. The van der Waals surface area contributed by atoms with Crippen LogP contribution in [0.15, 0.2) is 47.5 Å². The molecule has 20 heavy (non-hydrogen) atoms. The summed E-state index contributed by atoms with van der Waals surface area (Å²) in [5, 5.41) is 0. The summed E-state index contributed by atoms with van der Waals surface area (Å²) in [6.45, 7) is 2.04. The molecule has 1 heterocycles. The second-order valence-electron chi connectivity index (χ2n) is 4.15. The first-order valence-electron chi connectivity index (χ1n) is 6.10. The monoisotopic (exact) mass is 292 g/mol. The Balaban J connectivity index is 2.30. The number of rotatable bonds is 5. The highest BCUT2D eigenvalue weighted by molar-refractivity contribution is 7.92. The second-order valence-corrected chi connectivity index (χ2v) is 5.80. The largest absolute Gasteiger partial charge is 0.307 e. The summed E-state index contributed by atoms with van der Waals surface area (Å²) in [6.07, 6.45) is 2.36. The lowest BCUT2D eigenvalue weighted by Crippen LogP contribution is -2.18. The van der Waals surface area contributed by atoms with Crippen LogP contribution in [0.3, 0.4) is 0 Å². The number of nitrogen functional groups attached to an aromatic ring is 1. The Labute approximate surface area is 118 Å². The molecule has 1 aromatic carbocycles. The zero-order chi connectivity index (χ0) is 14.6. The molecule has 0 aliphatic carbocycles. The molecule has 0 atom stereocenters. The number of hydrogen-bond acceptors (Lipinski definition) is 5. The molecular weight excluding hydrogens is 276 g/mol. The normalized spacial score (nSPS) is 11.1. The van der Waals surface area contributed by atoms with Crippen LogP contribution in [-0.2, 0) is 16.4 Å². The lowest BCUT2D eigenvalue weighted by Gasteiger charge is -2.11. The summed E-state index contributed by atoms with van der Waals surface area (Å²) in [7, 11) is -3.73. The number of aromatic nitrogens is 1. The third-order valence-electron chi connectivity index (χ3n) is 2.81. The van der Waals surface area contributed by atoms with Crippen LogP contribution >= 0.6 is 0 Å². The van der Waals surface area contributed by atoms with Gasteiger partial charge >= 0.3 is 0 Å². The van der Waals surface area contributed by atoms with Crippen LogP contribution in [0.5, 0.6) is 0 Å². The Kier molecular flexibility index (Phi) is 4.21. The average molecular weight is 292 g/mol. The van der Waals surface area contributed by atoms with E-state index in [4.69, 9.17) is 5.84 Å². The van der Waals surface area contributed by atoms with E-state index in [2.05, 4.69) is 15.1 Å². The number of nitrogens with two attached hydrogens (primary N) is 1. The van der Waals surface area contributed by atoms with Crippen molar-refractivity contribution in [2.24, 2.45) is 5.84 Å². The summed E-state index contributed by atoms with van der Waals surface area (Å²) >= 11 is 0. The number of nitrogens with zero attached hydrogens (tertiary/aromatic N) is 1. The van der Waals surface area contributed by atoms with Gasteiger partial charge in [-0.15, -0.1) is 0 Å². The molecule has 4 N–H and O–H groups in total. The van der Waals surface area contributed by atoms with E-state index in [-0.39, 0.29) is 10.7 Å². The van der Waals surface area contributed by atoms with Crippen molar-refractivity contribution in [2.45, 2.75) is 18.2 Å². The molecule has 0 fully saturated rings. The highest BCUT2D eigenvalue weighted by Crippen LogP contribution is 2.21. The molecule has 0 radical (unpaired) electrons. The molecule has 0 spiro atoms. The van der Waals surface area contributed by atoms with Crippen LogP contribution in [0.25, 0.3) is 0 Å². The number of aryl methyl sites for hydroxylation is 1. The Morgan fingerprint density at radius 2 is 1.90 bits per heavy atom. The van der Waals surface area contributed by atoms with Crippen LogP contribution in [0.4, 0.5) is 11.5 Å². The van der Waals surface area contributed by atoms with Gasteiger partial charge in [-0.05, 0) is 36.2 Å². The van der Waals surface area contributed by atoms with Crippen molar-refractivity contribution >= 4 is 21.5 Å². The van der Waals surface area contributed by atoms with E-state index >= 15 is 0 Å². The first kappa shape index (κ1) is 14.3. The molecule has 0 bridgehead atoms. The average Bonchev–Trinajstić information content (AvgIpc) is 2.47. The van der Waals surface area contributed by atoms with Gasteiger partial charge in [0.05, 0.1) is 0 Å². The quantitative estimate of drug-likeness (QED) is 0.576. The van der Waals surface area contributed by atoms with Gasteiger partial charge in [-0.25, -0.2) is 19.2 Å². The van der Waals surface area contributed by atoms with Gasteiger partial charge in [0.1, 0.15) is 4.90 Å². The summed E-state index contributed by atoms with van der Waals surface area (Å²) in [6, 6.07) is 10.2. The van der Waals surface area contributed by atoms with Crippen LogP contribution in [0, 0.1) is 0 Å². The molecule has 7 heteroatoms. The van der Waals surface area contributed by atoms with Gasteiger partial charge in [0.2, 0.25) is 0 Å². The van der Waals surface area contributed by atoms with Gasteiger partial charge in [0.15, 0.2) is 5.82 Å². The SMILES string of the molecule is CCc1ccc(NS(=O)(=O)c2cccnc2NN)cc1. The minimum atomic E-state index is -3.73. The van der Waals surface area contributed by atoms with Crippen molar-refractivity contribution in [1.82, 2.24) is 4.98 Å². The molecule has 0 unspecified atom stereocenters. The molecule has 0 aliphatic heterocycles. The van der Waals surface area contributed by atoms with E-state index < -0.39 is 10.0 Å². The number of pyridine rings is 1. The van der Waals surface area contributed by atoms with Gasteiger partial charge in [0.25, 0.3) is 10.0 Å². The Bertz CT molecular complexity index is 684. The predicted molar refractivity (Wildman–Crippen MR) is 78.7 cm³/mol. The first-order chi connectivity index (χ1) is 9.56. The van der Waals surface area contributed by atoms with Crippen LogP contribution < -0.4 is 16.0 Å². The molecule has 0 aliphatic rings. The van der Waals surface area contributed by atoms with E-state index in [0.29, 0.717) is 5.69 Å². The van der Waals surface area contributed by atoms with Crippen molar-refractivity contribution in [3.05, 3.63) is 48.2 Å². The van der Waals surface area contributed by atoms with Crippen molar-refractivity contribution in [3.63, 3.8) is 0 Å². The second kappa shape index (κ2) is 5.89. The van der Waals surface area contributed by atoms with Crippen molar-refractivity contribution in [1.29, 1.82) is 0 Å². The maximum Gasteiger partial charge on any atom is 0.265 e. The predicted octanol–water partition coefficient (Wildman–Crippen LogP) is 1.73. The highest BCUT2D eigenvalue weighted by atomic mass is 32.2. The minimum Gasteiger partial charge on any atom is -0.307 e. The molecule has 6 nitrogen and oxygen atoms in total. The summed E-state index contributed by atoms with van der Waals surface area (Å²) < 4.78 is 27.1. The fraction of sp³-hybridized carbons (Fsp3) is 0.154. The number of nitrogens with one attached hydrogen (secondary N) is 2. The number of benzene rings is 1. The van der Waals surface area contributed by atoms with E-state index in [1.54, 1.807) is 12.1 Å². The summed E-state index contributed by atoms with van der Waals surface area (Å²) in [5.74, 6) is 5.38. The fourth-order valence-electron chi connectivity index (χ4n) is 1.73. The number of anilines is 2. The third kappa shape index (κ3) is 3.06. The Morgan fingerprint density at radius 1 is 1.20 bits per heavy atom. The molecule has 2 aromatic rings. The highest BCUT2D eigenvalue weighted by Gasteiger charge is 2.18. The van der Waals surface area contributed by atoms with Gasteiger partial charge in [-0.2, -0.15) is 0 Å². The molecule has 2 rings (SSSR count). The number of sulfonamides is 1. The van der Waals surface area contributed by atoms with Crippen LogP contribution in [-0.4, -0.2) is 13.4 Å². The summed E-state index contributed by atoms with van der Waals surface area (Å²) in [5.41, 5.74) is 3.91. The summed E-state index contributed by atoms with van der Waals surface area (Å²) in [4.78, 5) is 3.88. The van der Waals surface area contributed by atoms with Gasteiger partial charge in [-0.1, -0.05) is 19.1 Å². The zero-order valence-electron chi connectivity index (χ0n) is 11.0. The minimum absolute atomic E-state index is 0.00191. The van der Waals surface area contributed by atoms with Crippen LogP contribution in [0.1, 0.15) is 12.5 Å². The Morgan fingerprint density at radius 3 is 2.50 bits per heavy atom. The van der Waals surface area contributed by atoms with Gasteiger partial charge < -0.3 is 5.43 Å². The van der Waals surface area contributed by atoms with E-state index in [9.17, 15) is 8.42 Å². The molecule has 0 saturated carbocycles. The van der Waals surface area contributed by atoms with Gasteiger partial charge in [0, 0.05) is 11.9 Å². The van der Waals surface area contributed by atoms with E-state index in [0.717, 1.165) is 12.0 Å². The molecule has 106 valence electrons. The standard InChI is InChI=1S/C13H16N4O2S/c1-2-10-5-7-11(8-6-10)17-20(18,19)12-4-3-9-15-13(12)16-14/h3-9,17H,2,14H2,1H3,(H,15,16). The van der Waals surface area contributed by atoms with Crippen molar-refractivity contribution in [2.75, 3.05) is 10.1 Å². The smallest absolute Gasteiger partial charge is 0.265 e.